The number of nitrogens with zero attached hydrogens (tertiary/aromatic N) is 2. The Morgan fingerprint density at radius 1 is 1.07 bits per heavy atom. The number of hydrogen-bond donors (Lipinski definition) is 3. The summed E-state index contributed by atoms with van der Waals surface area (Å²) < 4.78 is 0.0471. The molecule has 29 heavy (non-hydrogen) atoms. The van der Waals surface area contributed by atoms with Crippen LogP contribution in [0.5, 0.6) is 0 Å². The molecule has 0 aliphatic carbocycles. The Bertz CT molecular complexity index is 805. The average Bonchev–Trinajstić information content (AvgIpc) is 3.00. The molecule has 1 aliphatic heterocycles. The second kappa shape index (κ2) is 11.1. The number of unbranched alkanes of at least 4 members (excludes halogenated alkanes) is 3. The minimum absolute atomic E-state index is 0. The van der Waals surface area contributed by atoms with Crippen molar-refractivity contribution in [1.82, 2.24) is 5.32 Å². The zero-order valence-corrected chi connectivity index (χ0v) is 16.4. The van der Waals surface area contributed by atoms with E-state index < -0.39 is 17.8 Å². The first-order valence-corrected chi connectivity index (χ1v) is 9.32. The highest BCUT2D eigenvalue weighted by Gasteiger charge is 2.32. The van der Waals surface area contributed by atoms with Gasteiger partial charge in [-0.2, -0.15) is 4.99 Å². The fourth-order valence-electron chi connectivity index (χ4n) is 3.17. The van der Waals surface area contributed by atoms with Crippen LogP contribution in [0.4, 0.5) is 0 Å². The van der Waals surface area contributed by atoms with Crippen molar-refractivity contribution in [2.24, 2.45) is 4.99 Å². The number of quaternary nitrogens is 1. The zero-order valence-electron chi connectivity index (χ0n) is 16.4. The maximum Gasteiger partial charge on any atom is 0.360 e. The number of carboxylic acids is 2. The molecule has 158 valence electrons. The fourth-order valence-corrected chi connectivity index (χ4v) is 3.17. The quantitative estimate of drug-likeness (QED) is 0.377. The van der Waals surface area contributed by atoms with Crippen LogP contribution in [0.3, 0.4) is 0 Å². The number of carboxylic acid groups (broad SMARTS) is 2. The summed E-state index contributed by atoms with van der Waals surface area (Å²) in [6.07, 6.45) is 6.94. The number of hydrogen-bond acceptors (Lipinski definition) is 4. The summed E-state index contributed by atoms with van der Waals surface area (Å²) in [5.41, 5.74) is 0.660. The number of benzene rings is 1. The van der Waals surface area contributed by atoms with Crippen LogP contribution in [-0.4, -0.2) is 57.4 Å². The van der Waals surface area contributed by atoms with Gasteiger partial charge in [-0.25, -0.2) is 9.28 Å². The van der Waals surface area contributed by atoms with E-state index in [1.165, 1.54) is 0 Å². The second-order valence-corrected chi connectivity index (χ2v) is 6.88. The molecule has 0 saturated heterocycles. The van der Waals surface area contributed by atoms with E-state index in [1.54, 1.807) is 36.8 Å². The van der Waals surface area contributed by atoms with Crippen molar-refractivity contribution in [3.8, 4) is 0 Å². The minimum Gasteiger partial charge on any atom is -0.481 e. The molecule has 1 aromatic rings. The molecule has 2 rings (SSSR count). The third kappa shape index (κ3) is 7.13. The van der Waals surface area contributed by atoms with Crippen LogP contribution in [-0.2, 0) is 16.0 Å². The Balaban J connectivity index is 0.00000420. The van der Waals surface area contributed by atoms with Gasteiger partial charge in [0, 0.05) is 5.56 Å². The third-order valence-electron chi connectivity index (χ3n) is 4.51. The van der Waals surface area contributed by atoms with Gasteiger partial charge in [0.2, 0.25) is 0 Å². The summed E-state index contributed by atoms with van der Waals surface area (Å²) in [5.74, 6) is -2.17. The molecule has 9 heteroatoms. The van der Waals surface area contributed by atoms with Crippen LogP contribution in [0.2, 0.25) is 0 Å². The maximum atomic E-state index is 12.6. The van der Waals surface area contributed by atoms with Crippen LogP contribution >= 0.6 is 0 Å². The summed E-state index contributed by atoms with van der Waals surface area (Å²) in [5, 5.41) is 20.9. The average molecular weight is 406 g/mol. The Labute approximate surface area is 169 Å². The largest absolute Gasteiger partial charge is 0.481 e. The Morgan fingerprint density at radius 3 is 2.45 bits per heavy atom. The van der Waals surface area contributed by atoms with Gasteiger partial charge in [-0.05, 0) is 24.5 Å². The molecule has 0 saturated carbocycles. The van der Waals surface area contributed by atoms with E-state index in [0.29, 0.717) is 12.1 Å². The Hall–Kier alpha value is -3.04. The highest BCUT2D eigenvalue weighted by molar-refractivity contribution is 5.97. The summed E-state index contributed by atoms with van der Waals surface area (Å²) in [6.45, 7) is 2.55. The summed E-state index contributed by atoms with van der Waals surface area (Å²) in [6, 6.07) is 6.48. The molecule has 1 unspecified atom stereocenters. The molecule has 1 amide bonds. The first-order chi connectivity index (χ1) is 13.3. The van der Waals surface area contributed by atoms with Crippen molar-refractivity contribution in [3.05, 3.63) is 47.4 Å². The number of rotatable bonds is 11. The number of carbonyl (C=O) groups is 3. The van der Waals surface area contributed by atoms with Gasteiger partial charge in [0.1, 0.15) is 6.20 Å². The molecule has 0 aromatic heterocycles. The Morgan fingerprint density at radius 2 is 1.79 bits per heavy atom. The van der Waals surface area contributed by atoms with E-state index in [0.717, 1.165) is 25.7 Å². The number of aliphatic imine (C=N–C) groups is 1. The van der Waals surface area contributed by atoms with Crippen molar-refractivity contribution in [2.75, 3.05) is 13.1 Å². The van der Waals surface area contributed by atoms with Gasteiger partial charge in [0.15, 0.2) is 18.7 Å². The monoisotopic (exact) mass is 406 g/mol. The van der Waals surface area contributed by atoms with Gasteiger partial charge in [0.05, 0.1) is 13.0 Å². The van der Waals surface area contributed by atoms with Crippen LogP contribution in [0, 0.1) is 0 Å². The fraction of sp³-hybridized carbons (Fsp3) is 0.400. The normalized spacial score (nSPS) is 17.3. The standard InChI is InChI=1S/C20H25N3O5.H2O/c1-2-3-4-7-10-23(13-19(26)27)12-17(21-14-23)22-20(28)16-9-6-5-8-15(16)11-18(24)25;/h5-6,8-9,12,14H,2-4,7,10-11,13H2,1H3,(H2-,22,24,25,26,27,28);1H2/p+1. The van der Waals surface area contributed by atoms with Crippen LogP contribution < -0.4 is 5.32 Å². The summed E-state index contributed by atoms with van der Waals surface area (Å²) in [7, 11) is 0. The molecule has 1 atom stereocenters. The first kappa shape index (κ1) is 24.0. The van der Waals surface area contributed by atoms with Gasteiger partial charge >= 0.3 is 11.9 Å². The van der Waals surface area contributed by atoms with E-state index in [1.807, 2.05) is 0 Å². The van der Waals surface area contributed by atoms with Gasteiger partial charge in [-0.15, -0.1) is 0 Å². The second-order valence-electron chi connectivity index (χ2n) is 6.88. The van der Waals surface area contributed by atoms with E-state index in [9.17, 15) is 19.5 Å². The lowest BCUT2D eigenvalue weighted by Gasteiger charge is -2.25. The number of nitrogens with one attached hydrogen (secondary N) is 1. The number of aliphatic carboxylic acids is 2. The van der Waals surface area contributed by atoms with E-state index in [2.05, 4.69) is 17.2 Å². The molecule has 1 heterocycles. The van der Waals surface area contributed by atoms with Crippen molar-refractivity contribution in [1.29, 1.82) is 0 Å². The molecule has 1 aromatic carbocycles. The molecule has 1 aliphatic rings. The molecular weight excluding hydrogens is 378 g/mol. The smallest absolute Gasteiger partial charge is 0.360 e. The molecular formula is C20H28N3O6+. The van der Waals surface area contributed by atoms with Crippen molar-refractivity contribution < 1.29 is 34.6 Å². The highest BCUT2D eigenvalue weighted by atomic mass is 16.4. The lowest BCUT2D eigenvalue weighted by atomic mass is 10.0. The molecule has 5 N–H and O–H groups in total. The SMILES string of the molecule is CCCCCC[N+]1(CC(=O)O)C=NC(NC(=O)c2ccccc2CC(=O)O)=C1.O. The highest BCUT2D eigenvalue weighted by Crippen LogP contribution is 2.19. The molecule has 0 bridgehead atoms. The summed E-state index contributed by atoms with van der Waals surface area (Å²) in [4.78, 5) is 39.1. The number of carbonyl (C=O) groups excluding carboxylic acids is 1. The Kier molecular flexibility index (Phi) is 9.17. The van der Waals surface area contributed by atoms with Crippen molar-refractivity contribution in [2.45, 2.75) is 39.0 Å². The van der Waals surface area contributed by atoms with Gasteiger partial charge in [-0.3, -0.25) is 9.59 Å². The van der Waals surface area contributed by atoms with Crippen LogP contribution in [0.15, 0.2) is 41.3 Å². The van der Waals surface area contributed by atoms with E-state index in [-0.39, 0.29) is 34.3 Å². The molecule has 9 nitrogen and oxygen atoms in total. The van der Waals surface area contributed by atoms with Gasteiger partial charge in [0.25, 0.3) is 5.91 Å². The topological polar surface area (TPSA) is 148 Å². The van der Waals surface area contributed by atoms with Crippen LogP contribution in [0.1, 0.15) is 48.5 Å². The molecule has 0 fully saturated rings. The molecule has 0 radical (unpaired) electrons. The minimum atomic E-state index is -1.03. The van der Waals surface area contributed by atoms with E-state index in [4.69, 9.17) is 5.11 Å². The van der Waals surface area contributed by atoms with Gasteiger partial charge < -0.3 is 21.0 Å². The maximum absolute atomic E-state index is 12.6. The lowest BCUT2D eigenvalue weighted by molar-refractivity contribution is -0.771. The van der Waals surface area contributed by atoms with E-state index >= 15 is 0 Å². The van der Waals surface area contributed by atoms with Crippen LogP contribution in [0.25, 0.3) is 0 Å². The summed E-state index contributed by atoms with van der Waals surface area (Å²) >= 11 is 0. The third-order valence-corrected chi connectivity index (χ3v) is 4.51. The first-order valence-electron chi connectivity index (χ1n) is 9.32. The predicted molar refractivity (Wildman–Crippen MR) is 107 cm³/mol. The van der Waals surface area contributed by atoms with Gasteiger partial charge in [-0.1, -0.05) is 38.0 Å². The van der Waals surface area contributed by atoms with Crippen molar-refractivity contribution >= 4 is 24.2 Å². The predicted octanol–water partition coefficient (Wildman–Crippen LogP) is 1.54. The van der Waals surface area contributed by atoms with Crippen molar-refractivity contribution in [3.63, 3.8) is 0 Å². The number of amides is 1. The zero-order chi connectivity index (χ0) is 20.6. The lowest BCUT2D eigenvalue weighted by Crippen LogP contribution is -2.45. The molecule has 0 spiro atoms.